The number of hydrogen-bond acceptors (Lipinski definition) is 1. The molecule has 0 saturated carbocycles. The summed E-state index contributed by atoms with van der Waals surface area (Å²) >= 11 is 3.79. The van der Waals surface area contributed by atoms with Crippen molar-refractivity contribution < 1.29 is 4.74 Å². The second-order valence-electron chi connectivity index (χ2n) is 4.85. The Morgan fingerprint density at radius 1 is 1.24 bits per heavy atom. The van der Waals surface area contributed by atoms with E-state index in [0.717, 1.165) is 13.0 Å². The van der Waals surface area contributed by atoms with Gasteiger partial charge in [-0.2, -0.15) is 0 Å². The van der Waals surface area contributed by atoms with Crippen molar-refractivity contribution >= 4 is 15.9 Å². The fourth-order valence-electron chi connectivity index (χ4n) is 2.37. The second-order valence-corrected chi connectivity index (χ2v) is 6.15. The molecule has 2 unspecified atom stereocenters. The van der Waals surface area contributed by atoms with Gasteiger partial charge in [-0.25, -0.2) is 0 Å². The van der Waals surface area contributed by atoms with E-state index in [4.69, 9.17) is 4.74 Å². The molecular weight excluding hydrogens is 276 g/mol. The predicted octanol–water partition coefficient (Wildman–Crippen LogP) is 4.34. The standard InChI is InChI=1S/C15H21BrO/c16-14(12-13-6-2-1-3-7-13)9-10-15-8-4-5-11-17-15/h1-3,6-7,14-15H,4-5,8-12H2. The normalized spacial score (nSPS) is 22.3. The molecule has 1 aliphatic rings. The molecule has 0 aromatic heterocycles. The van der Waals surface area contributed by atoms with E-state index < -0.39 is 0 Å². The Hall–Kier alpha value is -0.340. The molecule has 1 fully saturated rings. The third kappa shape index (κ3) is 4.81. The zero-order chi connectivity index (χ0) is 11.9. The van der Waals surface area contributed by atoms with Crippen LogP contribution in [0.4, 0.5) is 0 Å². The van der Waals surface area contributed by atoms with Gasteiger partial charge in [0.15, 0.2) is 0 Å². The molecule has 94 valence electrons. The van der Waals surface area contributed by atoms with Crippen molar-refractivity contribution in [2.24, 2.45) is 0 Å². The van der Waals surface area contributed by atoms with Gasteiger partial charge in [0.2, 0.25) is 0 Å². The molecule has 1 aliphatic heterocycles. The Morgan fingerprint density at radius 2 is 2.06 bits per heavy atom. The summed E-state index contributed by atoms with van der Waals surface area (Å²) in [5, 5.41) is 0. The lowest BCUT2D eigenvalue weighted by atomic mass is 10.0. The van der Waals surface area contributed by atoms with Gasteiger partial charge >= 0.3 is 0 Å². The fraction of sp³-hybridized carbons (Fsp3) is 0.600. The maximum Gasteiger partial charge on any atom is 0.0575 e. The molecule has 1 saturated heterocycles. The summed E-state index contributed by atoms with van der Waals surface area (Å²) in [6.45, 7) is 0.969. The van der Waals surface area contributed by atoms with Crippen molar-refractivity contribution in [3.8, 4) is 0 Å². The number of halogens is 1. The largest absolute Gasteiger partial charge is 0.378 e. The molecular formula is C15H21BrO. The van der Waals surface area contributed by atoms with E-state index in [1.165, 1.54) is 37.7 Å². The molecule has 0 N–H and O–H groups in total. The number of alkyl halides is 1. The van der Waals surface area contributed by atoms with Crippen LogP contribution in [0, 0.1) is 0 Å². The van der Waals surface area contributed by atoms with E-state index in [9.17, 15) is 0 Å². The Bertz CT molecular complexity index is 306. The predicted molar refractivity (Wildman–Crippen MR) is 75.7 cm³/mol. The van der Waals surface area contributed by atoms with E-state index in [0.29, 0.717) is 10.9 Å². The molecule has 1 heterocycles. The molecule has 0 spiro atoms. The highest BCUT2D eigenvalue weighted by Crippen LogP contribution is 2.21. The maximum atomic E-state index is 5.76. The van der Waals surface area contributed by atoms with Crippen LogP contribution in [0.3, 0.4) is 0 Å². The summed E-state index contributed by atoms with van der Waals surface area (Å²) in [4.78, 5) is 0.579. The van der Waals surface area contributed by atoms with E-state index in [1.807, 2.05) is 0 Å². The average Bonchev–Trinajstić information content (AvgIpc) is 2.39. The smallest absolute Gasteiger partial charge is 0.0575 e. The lowest BCUT2D eigenvalue weighted by molar-refractivity contribution is 0.0102. The minimum absolute atomic E-state index is 0.513. The van der Waals surface area contributed by atoms with E-state index in [-0.39, 0.29) is 0 Å². The zero-order valence-electron chi connectivity index (χ0n) is 10.3. The van der Waals surface area contributed by atoms with Crippen LogP contribution in [0.1, 0.15) is 37.7 Å². The van der Waals surface area contributed by atoms with Gasteiger partial charge in [0, 0.05) is 11.4 Å². The Labute approximate surface area is 113 Å². The van der Waals surface area contributed by atoms with Gasteiger partial charge in [-0.3, -0.25) is 0 Å². The van der Waals surface area contributed by atoms with Crippen molar-refractivity contribution in [3.05, 3.63) is 35.9 Å². The van der Waals surface area contributed by atoms with Crippen LogP contribution >= 0.6 is 15.9 Å². The number of hydrogen-bond donors (Lipinski definition) is 0. The van der Waals surface area contributed by atoms with Gasteiger partial charge in [-0.1, -0.05) is 46.3 Å². The van der Waals surface area contributed by atoms with Gasteiger partial charge < -0.3 is 4.74 Å². The summed E-state index contributed by atoms with van der Waals surface area (Å²) in [6.07, 6.45) is 7.88. The third-order valence-electron chi connectivity index (χ3n) is 3.38. The third-order valence-corrected chi connectivity index (χ3v) is 4.16. The van der Waals surface area contributed by atoms with Crippen LogP contribution in [0.2, 0.25) is 0 Å². The van der Waals surface area contributed by atoms with Gasteiger partial charge in [0.25, 0.3) is 0 Å². The van der Waals surface area contributed by atoms with Crippen molar-refractivity contribution in [1.29, 1.82) is 0 Å². The lowest BCUT2D eigenvalue weighted by Gasteiger charge is -2.23. The molecule has 2 heteroatoms. The zero-order valence-corrected chi connectivity index (χ0v) is 11.9. The summed E-state index contributed by atoms with van der Waals surface area (Å²) in [5.74, 6) is 0. The van der Waals surface area contributed by atoms with Crippen molar-refractivity contribution in [1.82, 2.24) is 0 Å². The molecule has 1 aromatic rings. The Morgan fingerprint density at radius 3 is 2.76 bits per heavy atom. The molecule has 1 aromatic carbocycles. The van der Waals surface area contributed by atoms with Crippen LogP contribution in [0.15, 0.2) is 30.3 Å². The first kappa shape index (κ1) is 13.1. The number of ether oxygens (including phenoxy) is 1. The van der Waals surface area contributed by atoms with Crippen LogP contribution < -0.4 is 0 Å². The second kappa shape index (κ2) is 7.17. The minimum atomic E-state index is 0.513. The highest BCUT2D eigenvalue weighted by atomic mass is 79.9. The summed E-state index contributed by atoms with van der Waals surface area (Å²) in [7, 11) is 0. The fourth-order valence-corrected chi connectivity index (χ4v) is 3.01. The highest BCUT2D eigenvalue weighted by Gasteiger charge is 2.15. The Balaban J connectivity index is 1.68. The summed E-state index contributed by atoms with van der Waals surface area (Å²) < 4.78 is 5.76. The molecule has 0 radical (unpaired) electrons. The van der Waals surface area contributed by atoms with Crippen LogP contribution in [0.25, 0.3) is 0 Å². The molecule has 1 nitrogen and oxygen atoms in total. The van der Waals surface area contributed by atoms with E-state index >= 15 is 0 Å². The molecule has 2 atom stereocenters. The lowest BCUT2D eigenvalue weighted by Crippen LogP contribution is -2.20. The average molecular weight is 297 g/mol. The SMILES string of the molecule is BrC(CCC1CCCCO1)Cc1ccccc1. The van der Waals surface area contributed by atoms with Gasteiger partial charge in [-0.15, -0.1) is 0 Å². The summed E-state index contributed by atoms with van der Waals surface area (Å²) in [5.41, 5.74) is 1.42. The van der Waals surface area contributed by atoms with Crippen molar-refractivity contribution in [2.45, 2.75) is 49.5 Å². The first-order valence-electron chi connectivity index (χ1n) is 6.64. The quantitative estimate of drug-likeness (QED) is 0.735. The molecule has 0 aliphatic carbocycles. The Kier molecular flexibility index (Phi) is 5.53. The van der Waals surface area contributed by atoms with Crippen molar-refractivity contribution in [3.63, 3.8) is 0 Å². The van der Waals surface area contributed by atoms with Crippen LogP contribution in [0.5, 0.6) is 0 Å². The van der Waals surface area contributed by atoms with E-state index in [1.54, 1.807) is 0 Å². The topological polar surface area (TPSA) is 9.23 Å². The molecule has 2 rings (SSSR count). The first-order valence-corrected chi connectivity index (χ1v) is 7.56. The maximum absolute atomic E-state index is 5.76. The first-order chi connectivity index (χ1) is 8.34. The van der Waals surface area contributed by atoms with Crippen molar-refractivity contribution in [2.75, 3.05) is 6.61 Å². The number of rotatable bonds is 5. The molecule has 0 amide bonds. The van der Waals surface area contributed by atoms with Crippen LogP contribution in [-0.2, 0) is 11.2 Å². The number of benzene rings is 1. The van der Waals surface area contributed by atoms with Crippen LogP contribution in [-0.4, -0.2) is 17.5 Å². The van der Waals surface area contributed by atoms with Gasteiger partial charge in [0.05, 0.1) is 6.10 Å². The van der Waals surface area contributed by atoms with E-state index in [2.05, 4.69) is 46.3 Å². The highest BCUT2D eigenvalue weighted by molar-refractivity contribution is 9.09. The molecule has 0 bridgehead atoms. The minimum Gasteiger partial charge on any atom is -0.378 e. The molecule has 17 heavy (non-hydrogen) atoms. The van der Waals surface area contributed by atoms with Gasteiger partial charge in [-0.05, 0) is 44.1 Å². The van der Waals surface area contributed by atoms with Gasteiger partial charge in [0.1, 0.15) is 0 Å². The monoisotopic (exact) mass is 296 g/mol. The summed E-state index contributed by atoms with van der Waals surface area (Å²) in [6, 6.07) is 10.7.